The molecule has 0 spiro atoms. The largest absolute Gasteiger partial charge is 0.417 e. The van der Waals surface area contributed by atoms with Gasteiger partial charge in [-0.15, -0.1) is 0 Å². The smallest absolute Gasteiger partial charge is 0.352 e. The molecule has 0 unspecified atom stereocenters. The second-order valence-electron chi connectivity index (χ2n) is 7.21. The van der Waals surface area contributed by atoms with Crippen LogP contribution >= 0.6 is 0 Å². The van der Waals surface area contributed by atoms with Crippen LogP contribution in [0.3, 0.4) is 0 Å². The van der Waals surface area contributed by atoms with Crippen molar-refractivity contribution in [2.75, 3.05) is 32.7 Å². The summed E-state index contributed by atoms with van der Waals surface area (Å²) in [5.74, 6) is -0.379. The minimum Gasteiger partial charge on any atom is -0.352 e. The van der Waals surface area contributed by atoms with Gasteiger partial charge in [0.15, 0.2) is 0 Å². The molecule has 0 aliphatic carbocycles. The molecule has 2 rings (SSSR count). The van der Waals surface area contributed by atoms with E-state index in [1.807, 2.05) is 25.7 Å². The summed E-state index contributed by atoms with van der Waals surface area (Å²) < 4.78 is 39.4. The van der Waals surface area contributed by atoms with E-state index in [1.165, 1.54) is 23.1 Å². The number of alkyl halides is 3. The monoisotopic (exact) mass is 385 g/mol. The highest BCUT2D eigenvalue weighted by Crippen LogP contribution is 2.32. The standard InChI is InChI=1S/C19H26F3N3O2/c1-13(2)14(3)23-17(26)12-24-8-10-25(11-9-24)18(27)15-6-4-5-7-16(15)19(20,21)22/h4-7,13-14H,8-12H2,1-3H3,(H,23,26)/t14-/m0/s1. The number of nitrogens with one attached hydrogen (secondary N) is 1. The Hall–Kier alpha value is -2.09. The van der Waals surface area contributed by atoms with Crippen molar-refractivity contribution in [3.8, 4) is 0 Å². The van der Waals surface area contributed by atoms with Gasteiger partial charge in [-0.25, -0.2) is 0 Å². The maximum absolute atomic E-state index is 13.1. The quantitative estimate of drug-likeness (QED) is 0.848. The maximum Gasteiger partial charge on any atom is 0.417 e. The molecule has 1 N–H and O–H groups in total. The van der Waals surface area contributed by atoms with Crippen LogP contribution in [0.1, 0.15) is 36.7 Å². The first-order valence-electron chi connectivity index (χ1n) is 9.06. The minimum atomic E-state index is -4.57. The number of nitrogens with zero attached hydrogens (tertiary/aromatic N) is 2. The Bertz CT molecular complexity index is 668. The minimum absolute atomic E-state index is 0.0687. The maximum atomic E-state index is 13.1. The lowest BCUT2D eigenvalue weighted by atomic mass is 10.1. The predicted molar refractivity (Wildman–Crippen MR) is 96.2 cm³/mol. The third-order valence-corrected chi connectivity index (χ3v) is 4.88. The Kier molecular flexibility index (Phi) is 6.86. The van der Waals surface area contributed by atoms with Crippen LogP contribution < -0.4 is 5.32 Å². The fourth-order valence-electron chi connectivity index (χ4n) is 2.87. The lowest BCUT2D eigenvalue weighted by molar-refractivity contribution is -0.138. The van der Waals surface area contributed by atoms with Gasteiger partial charge in [-0.1, -0.05) is 26.0 Å². The number of carbonyl (C=O) groups is 2. The number of rotatable bonds is 5. The van der Waals surface area contributed by atoms with Gasteiger partial charge < -0.3 is 10.2 Å². The van der Waals surface area contributed by atoms with Crippen molar-refractivity contribution in [2.24, 2.45) is 5.92 Å². The summed E-state index contributed by atoms with van der Waals surface area (Å²) in [6, 6.07) is 4.90. The van der Waals surface area contributed by atoms with Gasteiger partial charge in [-0.05, 0) is 25.0 Å². The number of carbonyl (C=O) groups excluding carboxylic acids is 2. The van der Waals surface area contributed by atoms with Crippen LogP contribution in [0.5, 0.6) is 0 Å². The van der Waals surface area contributed by atoms with E-state index in [0.717, 1.165) is 6.07 Å². The molecule has 1 saturated heterocycles. The molecule has 1 fully saturated rings. The Morgan fingerprint density at radius 2 is 1.67 bits per heavy atom. The second kappa shape index (κ2) is 8.73. The van der Waals surface area contributed by atoms with Crippen molar-refractivity contribution in [1.29, 1.82) is 0 Å². The fraction of sp³-hybridized carbons (Fsp3) is 0.579. The zero-order chi connectivity index (χ0) is 20.2. The average Bonchev–Trinajstić information content (AvgIpc) is 2.60. The first kappa shape index (κ1) is 21.2. The third kappa shape index (κ3) is 5.69. The van der Waals surface area contributed by atoms with E-state index in [1.54, 1.807) is 0 Å². The van der Waals surface area contributed by atoms with Gasteiger partial charge >= 0.3 is 6.18 Å². The van der Waals surface area contributed by atoms with Gasteiger partial charge in [0.2, 0.25) is 5.91 Å². The van der Waals surface area contributed by atoms with E-state index >= 15 is 0 Å². The molecule has 1 aliphatic rings. The first-order valence-corrected chi connectivity index (χ1v) is 9.06. The van der Waals surface area contributed by atoms with E-state index in [-0.39, 0.29) is 37.1 Å². The van der Waals surface area contributed by atoms with Crippen LogP contribution in [0.15, 0.2) is 24.3 Å². The highest BCUT2D eigenvalue weighted by Gasteiger charge is 2.36. The SMILES string of the molecule is CC(C)[C@H](C)NC(=O)CN1CCN(C(=O)c2ccccc2C(F)(F)F)CC1. The lowest BCUT2D eigenvalue weighted by Gasteiger charge is -2.35. The van der Waals surface area contributed by atoms with E-state index in [4.69, 9.17) is 0 Å². The number of piperazine rings is 1. The summed E-state index contributed by atoms with van der Waals surface area (Å²) in [5, 5.41) is 2.92. The van der Waals surface area contributed by atoms with Crippen LogP contribution in [0.4, 0.5) is 13.2 Å². The van der Waals surface area contributed by atoms with E-state index in [2.05, 4.69) is 5.32 Å². The zero-order valence-electron chi connectivity index (χ0n) is 15.8. The normalized spacial score (nSPS) is 17.1. The number of amides is 2. The molecule has 0 bridgehead atoms. The molecule has 1 aromatic carbocycles. The Balaban J connectivity index is 1.93. The average molecular weight is 385 g/mol. The summed E-state index contributed by atoms with van der Waals surface area (Å²) in [4.78, 5) is 27.9. The van der Waals surface area contributed by atoms with E-state index < -0.39 is 17.6 Å². The highest BCUT2D eigenvalue weighted by atomic mass is 19.4. The molecule has 1 atom stereocenters. The molecule has 1 aliphatic heterocycles. The van der Waals surface area contributed by atoms with Gasteiger partial charge in [-0.2, -0.15) is 13.2 Å². The molecular weight excluding hydrogens is 359 g/mol. The van der Waals surface area contributed by atoms with Crippen molar-refractivity contribution in [2.45, 2.75) is 33.0 Å². The highest BCUT2D eigenvalue weighted by molar-refractivity contribution is 5.96. The summed E-state index contributed by atoms with van der Waals surface area (Å²) in [7, 11) is 0. The number of benzene rings is 1. The van der Waals surface area contributed by atoms with Gasteiger partial charge in [-0.3, -0.25) is 14.5 Å². The van der Waals surface area contributed by atoms with Crippen LogP contribution in [0, 0.1) is 5.92 Å². The van der Waals surface area contributed by atoms with Crippen molar-refractivity contribution in [1.82, 2.24) is 15.1 Å². The Morgan fingerprint density at radius 3 is 2.22 bits per heavy atom. The van der Waals surface area contributed by atoms with Gasteiger partial charge in [0.05, 0.1) is 17.7 Å². The number of hydrogen-bond donors (Lipinski definition) is 1. The molecule has 5 nitrogen and oxygen atoms in total. The molecule has 8 heteroatoms. The van der Waals surface area contributed by atoms with Gasteiger partial charge in [0.1, 0.15) is 0 Å². The van der Waals surface area contributed by atoms with E-state index in [9.17, 15) is 22.8 Å². The third-order valence-electron chi connectivity index (χ3n) is 4.88. The molecule has 150 valence electrons. The van der Waals surface area contributed by atoms with Crippen molar-refractivity contribution >= 4 is 11.8 Å². The summed E-state index contributed by atoms with van der Waals surface area (Å²) >= 11 is 0. The van der Waals surface area contributed by atoms with Crippen LogP contribution in [0.25, 0.3) is 0 Å². The summed E-state index contributed by atoms with van der Waals surface area (Å²) in [5.41, 5.74) is -1.25. The fourth-order valence-corrected chi connectivity index (χ4v) is 2.87. The van der Waals surface area contributed by atoms with Crippen molar-refractivity contribution in [3.05, 3.63) is 35.4 Å². The molecule has 0 saturated carbocycles. The van der Waals surface area contributed by atoms with Crippen LogP contribution in [0.2, 0.25) is 0 Å². The van der Waals surface area contributed by atoms with Crippen molar-refractivity contribution < 1.29 is 22.8 Å². The summed E-state index contributed by atoms with van der Waals surface area (Å²) in [6.07, 6.45) is -4.57. The molecule has 27 heavy (non-hydrogen) atoms. The zero-order valence-corrected chi connectivity index (χ0v) is 15.8. The lowest BCUT2D eigenvalue weighted by Crippen LogP contribution is -2.52. The number of halogens is 3. The summed E-state index contributed by atoms with van der Waals surface area (Å²) in [6.45, 7) is 7.68. The van der Waals surface area contributed by atoms with Gasteiger partial charge in [0, 0.05) is 32.2 Å². The Morgan fingerprint density at radius 1 is 1.07 bits per heavy atom. The molecule has 1 heterocycles. The van der Waals surface area contributed by atoms with Crippen LogP contribution in [-0.2, 0) is 11.0 Å². The first-order chi connectivity index (χ1) is 12.6. The molecular formula is C19H26F3N3O2. The molecule has 0 aromatic heterocycles. The predicted octanol–water partition coefficient (Wildman–Crippen LogP) is 2.62. The van der Waals surface area contributed by atoms with Crippen LogP contribution in [-0.4, -0.2) is 60.4 Å². The van der Waals surface area contributed by atoms with E-state index in [0.29, 0.717) is 19.0 Å². The Labute approximate surface area is 157 Å². The van der Waals surface area contributed by atoms with Crippen molar-refractivity contribution in [3.63, 3.8) is 0 Å². The topological polar surface area (TPSA) is 52.7 Å². The second-order valence-corrected chi connectivity index (χ2v) is 7.21. The molecule has 2 amide bonds. The van der Waals surface area contributed by atoms with Gasteiger partial charge in [0.25, 0.3) is 5.91 Å². The molecule has 1 aromatic rings. The molecule has 0 radical (unpaired) electrons. The number of hydrogen-bond acceptors (Lipinski definition) is 3.